The minimum atomic E-state index is 0. The zero-order valence-electron chi connectivity index (χ0n) is 9.94. The van der Waals surface area contributed by atoms with E-state index in [4.69, 9.17) is 11.6 Å². The second-order valence-corrected chi connectivity index (χ2v) is 4.40. The minimum Gasteiger partial charge on any atom is -0.314 e. The molecule has 1 aromatic rings. The Hall–Kier alpha value is -0.0600. The average molecular weight is 299 g/mol. The topological polar surface area (TPSA) is 28.2 Å². The first-order valence-electron chi connectivity index (χ1n) is 5.22. The van der Waals surface area contributed by atoms with Gasteiger partial charge >= 0.3 is 0 Å². The van der Waals surface area contributed by atoms with Crippen LogP contribution in [0.2, 0.25) is 5.15 Å². The van der Waals surface area contributed by atoms with E-state index in [-0.39, 0.29) is 24.8 Å². The predicted octanol–water partition coefficient (Wildman–Crippen LogP) is 2.46. The van der Waals surface area contributed by atoms with Gasteiger partial charge in [-0.1, -0.05) is 17.7 Å². The number of nitrogens with zero attached hydrogens (tertiary/aromatic N) is 2. The standard InChI is InChI=1S/C11H16ClN3.2ClH/c1-8-9(3-4-11(12)14-8)10-7-13-5-6-15(10)2;;/h3-4,10,13H,5-7H2,1-2H3;2*1H. The Morgan fingerprint density at radius 2 is 2.12 bits per heavy atom. The van der Waals surface area contributed by atoms with Gasteiger partial charge in [0.2, 0.25) is 0 Å². The molecule has 2 heterocycles. The molecule has 0 spiro atoms. The smallest absolute Gasteiger partial charge is 0.129 e. The predicted molar refractivity (Wildman–Crippen MR) is 76.7 cm³/mol. The molecule has 1 fully saturated rings. The number of hydrogen-bond acceptors (Lipinski definition) is 3. The normalized spacial score (nSPS) is 20.3. The lowest BCUT2D eigenvalue weighted by atomic mass is 10.0. The van der Waals surface area contributed by atoms with Crippen LogP contribution >= 0.6 is 36.4 Å². The molecule has 0 aliphatic carbocycles. The van der Waals surface area contributed by atoms with Crippen molar-refractivity contribution < 1.29 is 0 Å². The van der Waals surface area contributed by atoms with Crippen molar-refractivity contribution in [2.75, 3.05) is 26.7 Å². The van der Waals surface area contributed by atoms with E-state index >= 15 is 0 Å². The van der Waals surface area contributed by atoms with Gasteiger partial charge in [0.05, 0.1) is 0 Å². The molecule has 0 bridgehead atoms. The summed E-state index contributed by atoms with van der Waals surface area (Å²) in [7, 11) is 2.15. The van der Waals surface area contributed by atoms with Crippen LogP contribution in [0.25, 0.3) is 0 Å². The fourth-order valence-electron chi connectivity index (χ4n) is 2.05. The lowest BCUT2D eigenvalue weighted by Crippen LogP contribution is -2.44. The van der Waals surface area contributed by atoms with Crippen LogP contribution in [0.4, 0.5) is 0 Å². The van der Waals surface area contributed by atoms with Gasteiger partial charge in [-0.2, -0.15) is 0 Å². The summed E-state index contributed by atoms with van der Waals surface area (Å²) >= 11 is 5.85. The van der Waals surface area contributed by atoms with Crippen molar-refractivity contribution in [3.05, 3.63) is 28.5 Å². The number of likely N-dealkylation sites (N-methyl/N-ethyl adjacent to an activating group) is 1. The molecule has 1 atom stereocenters. The first kappa shape index (κ1) is 16.9. The van der Waals surface area contributed by atoms with E-state index < -0.39 is 0 Å². The second-order valence-electron chi connectivity index (χ2n) is 4.01. The van der Waals surface area contributed by atoms with Crippen LogP contribution in [0.5, 0.6) is 0 Å². The van der Waals surface area contributed by atoms with E-state index in [1.807, 2.05) is 13.0 Å². The van der Waals surface area contributed by atoms with Crippen LogP contribution < -0.4 is 5.32 Å². The summed E-state index contributed by atoms with van der Waals surface area (Å²) in [5.74, 6) is 0. The molecule has 0 amide bonds. The molecule has 0 saturated carbocycles. The highest BCUT2D eigenvalue weighted by Gasteiger charge is 2.22. The summed E-state index contributed by atoms with van der Waals surface area (Å²) in [6.07, 6.45) is 0. The summed E-state index contributed by atoms with van der Waals surface area (Å²) in [5, 5.41) is 3.98. The third kappa shape index (κ3) is 3.97. The van der Waals surface area contributed by atoms with Gasteiger partial charge in [-0.05, 0) is 25.6 Å². The van der Waals surface area contributed by atoms with Gasteiger partial charge in [0.25, 0.3) is 0 Å². The summed E-state index contributed by atoms with van der Waals surface area (Å²) in [4.78, 5) is 6.65. The maximum atomic E-state index is 5.85. The first-order chi connectivity index (χ1) is 7.18. The van der Waals surface area contributed by atoms with Crippen LogP contribution in [0.1, 0.15) is 17.3 Å². The van der Waals surface area contributed by atoms with E-state index in [0.717, 1.165) is 25.3 Å². The van der Waals surface area contributed by atoms with Crippen molar-refractivity contribution in [3.63, 3.8) is 0 Å². The molecule has 1 aliphatic rings. The fourth-order valence-corrected chi connectivity index (χ4v) is 2.24. The van der Waals surface area contributed by atoms with Crippen LogP contribution in [-0.4, -0.2) is 36.6 Å². The Balaban J connectivity index is 0.00000128. The molecule has 17 heavy (non-hydrogen) atoms. The molecule has 0 aromatic carbocycles. The van der Waals surface area contributed by atoms with Gasteiger partial charge in [0.1, 0.15) is 5.15 Å². The monoisotopic (exact) mass is 297 g/mol. The van der Waals surface area contributed by atoms with Gasteiger partial charge in [-0.15, -0.1) is 24.8 Å². The quantitative estimate of drug-likeness (QED) is 0.807. The first-order valence-corrected chi connectivity index (χ1v) is 5.60. The van der Waals surface area contributed by atoms with Crippen molar-refractivity contribution in [3.8, 4) is 0 Å². The lowest BCUT2D eigenvalue weighted by Gasteiger charge is -2.33. The van der Waals surface area contributed by atoms with Crippen LogP contribution in [-0.2, 0) is 0 Å². The van der Waals surface area contributed by atoms with Gasteiger partial charge in [0, 0.05) is 31.4 Å². The molecule has 98 valence electrons. The van der Waals surface area contributed by atoms with Crippen molar-refractivity contribution >= 4 is 36.4 Å². The number of halogens is 3. The number of rotatable bonds is 1. The zero-order valence-corrected chi connectivity index (χ0v) is 12.3. The Bertz CT molecular complexity index is 360. The van der Waals surface area contributed by atoms with E-state index in [0.29, 0.717) is 11.2 Å². The van der Waals surface area contributed by atoms with E-state index in [9.17, 15) is 0 Å². The van der Waals surface area contributed by atoms with E-state index in [1.54, 1.807) is 0 Å². The summed E-state index contributed by atoms with van der Waals surface area (Å²) in [6, 6.07) is 4.37. The molecular formula is C11H18Cl3N3. The SMILES string of the molecule is Cc1nc(Cl)ccc1C1CNCCN1C.Cl.Cl. The van der Waals surface area contributed by atoms with Crippen LogP contribution in [0.3, 0.4) is 0 Å². The minimum absolute atomic E-state index is 0. The summed E-state index contributed by atoms with van der Waals surface area (Å²) in [6.45, 7) is 5.14. The highest BCUT2D eigenvalue weighted by molar-refractivity contribution is 6.29. The maximum Gasteiger partial charge on any atom is 0.129 e. The Labute approximate surface area is 120 Å². The molecule has 1 unspecified atom stereocenters. The fraction of sp³-hybridized carbons (Fsp3) is 0.545. The Kier molecular flexibility index (Phi) is 7.37. The number of hydrogen-bond donors (Lipinski definition) is 1. The molecule has 1 saturated heterocycles. The molecule has 1 N–H and O–H groups in total. The highest BCUT2D eigenvalue weighted by Crippen LogP contribution is 2.23. The van der Waals surface area contributed by atoms with Gasteiger partial charge in [0.15, 0.2) is 0 Å². The van der Waals surface area contributed by atoms with Crippen molar-refractivity contribution in [1.29, 1.82) is 0 Å². The molecule has 6 heteroatoms. The molecule has 1 aromatic heterocycles. The lowest BCUT2D eigenvalue weighted by molar-refractivity contribution is 0.201. The van der Waals surface area contributed by atoms with Crippen molar-refractivity contribution in [2.45, 2.75) is 13.0 Å². The number of pyridine rings is 1. The van der Waals surface area contributed by atoms with E-state index in [2.05, 4.69) is 28.3 Å². The van der Waals surface area contributed by atoms with Crippen LogP contribution in [0.15, 0.2) is 12.1 Å². The molecule has 1 aliphatic heterocycles. The third-order valence-electron chi connectivity index (χ3n) is 2.96. The highest BCUT2D eigenvalue weighted by atomic mass is 35.5. The number of piperazine rings is 1. The van der Waals surface area contributed by atoms with Gasteiger partial charge in [-0.25, -0.2) is 4.98 Å². The Morgan fingerprint density at radius 3 is 2.71 bits per heavy atom. The van der Waals surface area contributed by atoms with Gasteiger partial charge in [-0.3, -0.25) is 4.90 Å². The van der Waals surface area contributed by atoms with Crippen LogP contribution in [0, 0.1) is 6.92 Å². The maximum absolute atomic E-state index is 5.85. The zero-order chi connectivity index (χ0) is 10.8. The third-order valence-corrected chi connectivity index (χ3v) is 3.17. The van der Waals surface area contributed by atoms with E-state index in [1.165, 1.54) is 5.56 Å². The van der Waals surface area contributed by atoms with Crippen molar-refractivity contribution in [1.82, 2.24) is 15.2 Å². The molecule has 0 radical (unpaired) electrons. The van der Waals surface area contributed by atoms with Crippen molar-refractivity contribution in [2.24, 2.45) is 0 Å². The number of aryl methyl sites for hydroxylation is 1. The number of nitrogens with one attached hydrogen (secondary N) is 1. The molecular weight excluding hydrogens is 281 g/mol. The largest absolute Gasteiger partial charge is 0.314 e. The Morgan fingerprint density at radius 1 is 1.41 bits per heavy atom. The molecule has 2 rings (SSSR count). The molecule has 3 nitrogen and oxygen atoms in total. The second kappa shape index (κ2) is 7.39. The summed E-state index contributed by atoms with van der Waals surface area (Å²) in [5.41, 5.74) is 2.30. The number of aromatic nitrogens is 1. The summed E-state index contributed by atoms with van der Waals surface area (Å²) < 4.78 is 0. The van der Waals surface area contributed by atoms with Gasteiger partial charge < -0.3 is 5.32 Å². The average Bonchev–Trinajstić information content (AvgIpc) is 2.20.